The number of hydrogen-bond acceptors (Lipinski definition) is 4. The van der Waals surface area contributed by atoms with Gasteiger partial charge in [-0.2, -0.15) is 0 Å². The summed E-state index contributed by atoms with van der Waals surface area (Å²) in [5.41, 5.74) is 9.01. The Labute approximate surface area is 190 Å². The number of amides is 1. The van der Waals surface area contributed by atoms with Crippen molar-refractivity contribution < 1.29 is 9.21 Å². The molecule has 1 amide bonds. The molecular formula is C23H29Cl2N3O2. The van der Waals surface area contributed by atoms with Gasteiger partial charge >= 0.3 is 0 Å². The maximum Gasteiger partial charge on any atom is 0.289 e. The third-order valence-corrected chi connectivity index (χ3v) is 5.63. The first-order chi connectivity index (χ1) is 13.6. The number of para-hydroxylation sites is 1. The van der Waals surface area contributed by atoms with E-state index in [-0.39, 0.29) is 42.6 Å². The Morgan fingerprint density at radius 3 is 2.40 bits per heavy atom. The van der Waals surface area contributed by atoms with Gasteiger partial charge in [-0.25, -0.2) is 0 Å². The van der Waals surface area contributed by atoms with Crippen LogP contribution in [0.25, 0.3) is 11.0 Å². The van der Waals surface area contributed by atoms with Gasteiger partial charge in [0.05, 0.1) is 0 Å². The lowest BCUT2D eigenvalue weighted by Gasteiger charge is -2.17. The van der Waals surface area contributed by atoms with E-state index >= 15 is 0 Å². The molecule has 2 atom stereocenters. The second-order valence-electron chi connectivity index (χ2n) is 7.87. The Morgan fingerprint density at radius 2 is 1.73 bits per heavy atom. The van der Waals surface area contributed by atoms with E-state index < -0.39 is 0 Å². The van der Waals surface area contributed by atoms with Gasteiger partial charge in [0.25, 0.3) is 5.91 Å². The van der Waals surface area contributed by atoms with E-state index in [9.17, 15) is 4.79 Å². The molecule has 7 heteroatoms. The van der Waals surface area contributed by atoms with Crippen molar-refractivity contribution in [2.75, 3.05) is 33.7 Å². The Balaban J connectivity index is 0.00000160. The molecule has 2 heterocycles. The molecular weight excluding hydrogens is 421 g/mol. The molecule has 1 aliphatic heterocycles. The normalized spacial score (nSPS) is 18.3. The first kappa shape index (κ1) is 24.2. The zero-order chi connectivity index (χ0) is 19.7. The molecule has 1 aliphatic rings. The van der Waals surface area contributed by atoms with Crippen molar-refractivity contribution in [3.8, 4) is 0 Å². The van der Waals surface area contributed by atoms with Gasteiger partial charge < -0.3 is 20.0 Å². The number of hydrogen-bond donors (Lipinski definition) is 1. The average molecular weight is 450 g/mol. The lowest BCUT2D eigenvalue weighted by atomic mass is 9.89. The predicted octanol–water partition coefficient (Wildman–Crippen LogP) is 4.15. The minimum atomic E-state index is -0.0371. The third kappa shape index (κ3) is 4.65. The summed E-state index contributed by atoms with van der Waals surface area (Å²) in [4.78, 5) is 17.4. The number of nitrogens with two attached hydrogens (primary N) is 1. The van der Waals surface area contributed by atoms with Crippen LogP contribution in [0.4, 0.5) is 0 Å². The fraction of sp³-hybridized carbons (Fsp3) is 0.348. The minimum Gasteiger partial charge on any atom is -0.451 e. The van der Waals surface area contributed by atoms with Crippen molar-refractivity contribution >= 4 is 41.7 Å². The second kappa shape index (κ2) is 10.3. The lowest BCUT2D eigenvalue weighted by Crippen LogP contribution is -2.30. The van der Waals surface area contributed by atoms with E-state index in [1.54, 1.807) is 0 Å². The molecule has 0 spiro atoms. The van der Waals surface area contributed by atoms with E-state index in [1.165, 1.54) is 5.56 Å². The number of carbonyl (C=O) groups is 1. The highest BCUT2D eigenvalue weighted by molar-refractivity contribution is 5.99. The third-order valence-electron chi connectivity index (χ3n) is 5.63. The van der Waals surface area contributed by atoms with Crippen LogP contribution in [0.3, 0.4) is 0 Å². The molecule has 0 bridgehead atoms. The highest BCUT2D eigenvalue weighted by Crippen LogP contribution is 2.35. The molecule has 0 aliphatic carbocycles. The van der Waals surface area contributed by atoms with Crippen molar-refractivity contribution in [2.45, 2.75) is 12.5 Å². The standard InChI is InChI=1S/C23H27N3O2.2ClH/c1-25(2)14-20-18-10-6-7-11-21(18)28-22(20)23(27)26-13-17(12-24)19(15-26)16-8-4-3-5-9-16;;/h3-11,17,19H,12-15,24H2,1-2H3;2*1H/t17-,19+;;/m1../s1. The zero-order valence-electron chi connectivity index (χ0n) is 17.3. The van der Waals surface area contributed by atoms with Gasteiger partial charge in [-0.3, -0.25) is 4.79 Å². The van der Waals surface area contributed by atoms with Crippen molar-refractivity contribution in [2.24, 2.45) is 11.7 Å². The fourth-order valence-electron chi connectivity index (χ4n) is 4.24. The smallest absolute Gasteiger partial charge is 0.289 e. The van der Waals surface area contributed by atoms with Gasteiger partial charge in [0.15, 0.2) is 5.76 Å². The number of furan rings is 1. The van der Waals surface area contributed by atoms with Crippen LogP contribution in [0.5, 0.6) is 0 Å². The highest BCUT2D eigenvalue weighted by atomic mass is 35.5. The highest BCUT2D eigenvalue weighted by Gasteiger charge is 2.37. The molecule has 3 aromatic rings. The van der Waals surface area contributed by atoms with E-state index in [2.05, 4.69) is 17.0 Å². The summed E-state index contributed by atoms with van der Waals surface area (Å²) >= 11 is 0. The van der Waals surface area contributed by atoms with E-state index in [0.717, 1.165) is 16.5 Å². The van der Waals surface area contributed by atoms with Crippen LogP contribution in [0.2, 0.25) is 0 Å². The molecule has 2 aromatic carbocycles. The number of fused-ring (bicyclic) bond motifs is 1. The van der Waals surface area contributed by atoms with Crippen LogP contribution >= 0.6 is 24.8 Å². The minimum absolute atomic E-state index is 0. The molecule has 0 radical (unpaired) electrons. The van der Waals surface area contributed by atoms with Crippen LogP contribution in [-0.2, 0) is 6.54 Å². The first-order valence-corrected chi connectivity index (χ1v) is 9.78. The summed E-state index contributed by atoms with van der Waals surface area (Å²) in [6.45, 7) is 2.55. The SMILES string of the molecule is CN(C)Cc1c(C(=O)N2C[C@@H](CN)[C@H](c3ccccc3)C2)oc2ccccc12.Cl.Cl. The quantitative estimate of drug-likeness (QED) is 0.635. The van der Waals surface area contributed by atoms with E-state index in [1.807, 2.05) is 61.5 Å². The van der Waals surface area contributed by atoms with Crippen LogP contribution in [0.15, 0.2) is 59.0 Å². The van der Waals surface area contributed by atoms with Gasteiger partial charge in [-0.15, -0.1) is 24.8 Å². The van der Waals surface area contributed by atoms with Crippen LogP contribution in [0.1, 0.15) is 27.6 Å². The van der Waals surface area contributed by atoms with Gasteiger partial charge in [0, 0.05) is 36.5 Å². The van der Waals surface area contributed by atoms with Gasteiger partial charge in [-0.1, -0.05) is 48.5 Å². The van der Waals surface area contributed by atoms with Gasteiger partial charge in [0.1, 0.15) is 5.58 Å². The summed E-state index contributed by atoms with van der Waals surface area (Å²) in [5.74, 6) is 0.939. The fourth-order valence-corrected chi connectivity index (χ4v) is 4.24. The molecule has 1 fully saturated rings. The Morgan fingerprint density at radius 1 is 1.07 bits per heavy atom. The number of nitrogens with zero attached hydrogens (tertiary/aromatic N) is 2. The molecule has 4 rings (SSSR count). The number of halogens is 2. The average Bonchev–Trinajstić information content (AvgIpc) is 3.30. The first-order valence-electron chi connectivity index (χ1n) is 9.78. The summed E-state index contributed by atoms with van der Waals surface area (Å²) in [5, 5.41) is 1.01. The van der Waals surface area contributed by atoms with Crippen molar-refractivity contribution in [1.82, 2.24) is 9.80 Å². The lowest BCUT2D eigenvalue weighted by molar-refractivity contribution is 0.0754. The summed E-state index contributed by atoms with van der Waals surface area (Å²) in [6, 6.07) is 18.2. The topological polar surface area (TPSA) is 62.7 Å². The number of carbonyl (C=O) groups excluding carboxylic acids is 1. The molecule has 162 valence electrons. The van der Waals surface area contributed by atoms with E-state index in [0.29, 0.717) is 31.9 Å². The van der Waals surface area contributed by atoms with Crippen LogP contribution in [0, 0.1) is 5.92 Å². The van der Waals surface area contributed by atoms with Crippen molar-refractivity contribution in [3.05, 3.63) is 71.5 Å². The van der Waals surface area contributed by atoms with Gasteiger partial charge in [0.2, 0.25) is 0 Å². The molecule has 5 nitrogen and oxygen atoms in total. The monoisotopic (exact) mass is 449 g/mol. The van der Waals surface area contributed by atoms with E-state index in [4.69, 9.17) is 10.2 Å². The summed E-state index contributed by atoms with van der Waals surface area (Å²) in [6.07, 6.45) is 0. The molecule has 1 saturated heterocycles. The molecule has 0 unspecified atom stereocenters. The Bertz CT molecular complexity index is 975. The number of benzene rings is 2. The summed E-state index contributed by atoms with van der Waals surface area (Å²) in [7, 11) is 4.00. The molecule has 1 aromatic heterocycles. The van der Waals surface area contributed by atoms with Crippen molar-refractivity contribution in [1.29, 1.82) is 0 Å². The number of likely N-dealkylation sites (tertiary alicyclic amines) is 1. The van der Waals surface area contributed by atoms with Gasteiger partial charge in [-0.05, 0) is 38.2 Å². The molecule has 0 saturated carbocycles. The molecule has 2 N–H and O–H groups in total. The maximum atomic E-state index is 13.4. The Kier molecular flexibility index (Phi) is 8.33. The molecule has 30 heavy (non-hydrogen) atoms. The Hall–Kier alpha value is -2.05. The largest absolute Gasteiger partial charge is 0.451 e. The number of rotatable bonds is 5. The van der Waals surface area contributed by atoms with Crippen molar-refractivity contribution in [3.63, 3.8) is 0 Å². The zero-order valence-corrected chi connectivity index (χ0v) is 18.9. The second-order valence-corrected chi connectivity index (χ2v) is 7.87. The van der Waals surface area contributed by atoms with Crippen LogP contribution < -0.4 is 5.73 Å². The maximum absolute atomic E-state index is 13.4. The predicted molar refractivity (Wildman–Crippen MR) is 126 cm³/mol. The summed E-state index contributed by atoms with van der Waals surface area (Å²) < 4.78 is 6.03. The van der Waals surface area contributed by atoms with Crippen LogP contribution in [-0.4, -0.2) is 49.4 Å².